The van der Waals surface area contributed by atoms with E-state index in [1.54, 1.807) is 0 Å². The van der Waals surface area contributed by atoms with Crippen molar-refractivity contribution in [2.24, 2.45) is 5.92 Å². The van der Waals surface area contributed by atoms with Crippen LogP contribution in [0.2, 0.25) is 5.02 Å². The lowest BCUT2D eigenvalue weighted by Gasteiger charge is -2.27. The number of halogens is 1. The first-order valence-corrected chi connectivity index (χ1v) is 6.83. The number of hydrogen-bond acceptors (Lipinski definition) is 1. The third-order valence-corrected chi connectivity index (χ3v) is 3.77. The molecule has 17 heavy (non-hydrogen) atoms. The molecule has 0 amide bonds. The first-order valence-electron chi connectivity index (χ1n) is 6.45. The van der Waals surface area contributed by atoms with Crippen molar-refractivity contribution >= 4 is 17.7 Å². The fourth-order valence-corrected chi connectivity index (χ4v) is 2.48. The summed E-state index contributed by atoms with van der Waals surface area (Å²) >= 11 is 5.86. The summed E-state index contributed by atoms with van der Waals surface area (Å²) in [5, 5.41) is 4.35. The van der Waals surface area contributed by atoms with Gasteiger partial charge < -0.3 is 5.32 Å². The van der Waals surface area contributed by atoms with Gasteiger partial charge in [-0.15, -0.1) is 0 Å². The van der Waals surface area contributed by atoms with Gasteiger partial charge in [-0.1, -0.05) is 49.2 Å². The molecule has 1 saturated heterocycles. The molecule has 1 N–H and O–H groups in total. The van der Waals surface area contributed by atoms with E-state index in [9.17, 15) is 0 Å². The summed E-state index contributed by atoms with van der Waals surface area (Å²) in [5.74, 6) is 0.885. The SMILES string of the molecule is CCC1CCNC(/C=C/c2ccc(Cl)cc2)C1. The lowest BCUT2D eigenvalue weighted by atomic mass is 9.90. The number of nitrogens with one attached hydrogen (secondary N) is 1. The minimum absolute atomic E-state index is 0.532. The Kier molecular flexibility index (Phi) is 4.64. The summed E-state index contributed by atoms with van der Waals surface area (Å²) in [6.07, 6.45) is 8.35. The predicted octanol–water partition coefficient (Wildman–Crippen LogP) is 4.13. The van der Waals surface area contributed by atoms with Gasteiger partial charge in [0.1, 0.15) is 0 Å². The van der Waals surface area contributed by atoms with Crippen molar-refractivity contribution in [2.75, 3.05) is 6.54 Å². The second kappa shape index (κ2) is 6.23. The summed E-state index contributed by atoms with van der Waals surface area (Å²) in [6, 6.07) is 8.51. The molecule has 0 aromatic heterocycles. The van der Waals surface area contributed by atoms with Crippen LogP contribution in [0.3, 0.4) is 0 Å². The van der Waals surface area contributed by atoms with Gasteiger partial charge in [-0.3, -0.25) is 0 Å². The summed E-state index contributed by atoms with van der Waals surface area (Å²) in [5.41, 5.74) is 1.22. The Morgan fingerprint density at radius 2 is 2.12 bits per heavy atom. The molecule has 92 valence electrons. The van der Waals surface area contributed by atoms with E-state index < -0.39 is 0 Å². The van der Waals surface area contributed by atoms with E-state index in [1.165, 1.54) is 24.8 Å². The molecular formula is C15H20ClN. The van der Waals surface area contributed by atoms with Gasteiger partial charge in [0.05, 0.1) is 0 Å². The van der Waals surface area contributed by atoms with Gasteiger partial charge in [0.15, 0.2) is 0 Å². The molecule has 2 rings (SSSR count). The zero-order valence-electron chi connectivity index (χ0n) is 10.3. The maximum absolute atomic E-state index is 5.86. The molecule has 0 bridgehead atoms. The van der Waals surface area contributed by atoms with Crippen molar-refractivity contribution in [1.29, 1.82) is 0 Å². The van der Waals surface area contributed by atoms with E-state index in [2.05, 4.69) is 36.5 Å². The van der Waals surface area contributed by atoms with Gasteiger partial charge in [0, 0.05) is 11.1 Å². The molecule has 0 radical (unpaired) electrons. The van der Waals surface area contributed by atoms with E-state index in [4.69, 9.17) is 11.6 Å². The Bertz CT molecular complexity index is 369. The van der Waals surface area contributed by atoms with Crippen molar-refractivity contribution in [3.05, 3.63) is 40.9 Å². The number of piperidine rings is 1. The van der Waals surface area contributed by atoms with Gasteiger partial charge in [0.2, 0.25) is 0 Å². The fraction of sp³-hybridized carbons (Fsp3) is 0.467. The van der Waals surface area contributed by atoms with Crippen LogP contribution in [-0.4, -0.2) is 12.6 Å². The molecule has 2 unspecified atom stereocenters. The first-order chi connectivity index (χ1) is 8.28. The van der Waals surface area contributed by atoms with Gasteiger partial charge in [0.25, 0.3) is 0 Å². The monoisotopic (exact) mass is 249 g/mol. The van der Waals surface area contributed by atoms with Crippen LogP contribution in [0, 0.1) is 5.92 Å². The quantitative estimate of drug-likeness (QED) is 0.849. The van der Waals surface area contributed by atoms with Gasteiger partial charge in [-0.05, 0) is 43.0 Å². The Morgan fingerprint density at radius 3 is 2.82 bits per heavy atom. The highest BCUT2D eigenvalue weighted by Crippen LogP contribution is 2.20. The summed E-state index contributed by atoms with van der Waals surface area (Å²) in [7, 11) is 0. The van der Waals surface area contributed by atoms with Crippen molar-refractivity contribution in [3.8, 4) is 0 Å². The van der Waals surface area contributed by atoms with E-state index >= 15 is 0 Å². The standard InChI is InChI=1S/C15H20ClN/c1-2-12-9-10-17-15(11-12)8-5-13-3-6-14(16)7-4-13/h3-8,12,15,17H,2,9-11H2,1H3/b8-5+. The third kappa shape index (κ3) is 3.86. The summed E-state index contributed by atoms with van der Waals surface area (Å²) in [6.45, 7) is 3.43. The van der Waals surface area contributed by atoms with E-state index in [0.717, 1.165) is 17.5 Å². The molecule has 1 aliphatic heterocycles. The molecular weight excluding hydrogens is 230 g/mol. The van der Waals surface area contributed by atoms with E-state index in [1.807, 2.05) is 12.1 Å². The number of benzene rings is 1. The highest BCUT2D eigenvalue weighted by molar-refractivity contribution is 6.30. The van der Waals surface area contributed by atoms with Crippen LogP contribution in [-0.2, 0) is 0 Å². The van der Waals surface area contributed by atoms with Crippen molar-refractivity contribution in [2.45, 2.75) is 32.2 Å². The van der Waals surface area contributed by atoms with Crippen molar-refractivity contribution in [1.82, 2.24) is 5.32 Å². The Morgan fingerprint density at radius 1 is 1.35 bits per heavy atom. The second-order valence-electron chi connectivity index (χ2n) is 4.77. The van der Waals surface area contributed by atoms with Crippen LogP contribution < -0.4 is 5.32 Å². The van der Waals surface area contributed by atoms with Crippen LogP contribution >= 0.6 is 11.6 Å². The van der Waals surface area contributed by atoms with Gasteiger partial charge in [-0.25, -0.2) is 0 Å². The normalized spacial score (nSPS) is 25.3. The van der Waals surface area contributed by atoms with Crippen LogP contribution in [0.15, 0.2) is 30.3 Å². The molecule has 1 aromatic carbocycles. The molecule has 1 aliphatic rings. The molecule has 2 atom stereocenters. The third-order valence-electron chi connectivity index (χ3n) is 3.51. The maximum atomic E-state index is 5.86. The lowest BCUT2D eigenvalue weighted by molar-refractivity contribution is 0.326. The van der Waals surface area contributed by atoms with Crippen molar-refractivity contribution < 1.29 is 0 Å². The molecule has 0 saturated carbocycles. The van der Waals surface area contributed by atoms with Crippen LogP contribution in [0.5, 0.6) is 0 Å². The zero-order chi connectivity index (χ0) is 12.1. The molecule has 0 spiro atoms. The van der Waals surface area contributed by atoms with E-state index in [0.29, 0.717) is 6.04 Å². The smallest absolute Gasteiger partial charge is 0.0406 e. The fourth-order valence-electron chi connectivity index (χ4n) is 2.35. The zero-order valence-corrected chi connectivity index (χ0v) is 11.1. The van der Waals surface area contributed by atoms with Gasteiger partial charge >= 0.3 is 0 Å². The topological polar surface area (TPSA) is 12.0 Å². The summed E-state index contributed by atoms with van der Waals surface area (Å²) < 4.78 is 0. The Hall–Kier alpha value is -0.790. The van der Waals surface area contributed by atoms with Gasteiger partial charge in [-0.2, -0.15) is 0 Å². The number of hydrogen-bond donors (Lipinski definition) is 1. The highest BCUT2D eigenvalue weighted by atomic mass is 35.5. The maximum Gasteiger partial charge on any atom is 0.0406 e. The molecule has 1 aromatic rings. The minimum atomic E-state index is 0.532. The molecule has 1 fully saturated rings. The Balaban J connectivity index is 1.93. The molecule has 0 aliphatic carbocycles. The van der Waals surface area contributed by atoms with Crippen molar-refractivity contribution in [3.63, 3.8) is 0 Å². The predicted molar refractivity (Wildman–Crippen MR) is 75.3 cm³/mol. The highest BCUT2D eigenvalue weighted by Gasteiger charge is 2.17. The molecule has 1 nitrogen and oxygen atoms in total. The average Bonchev–Trinajstić information content (AvgIpc) is 2.38. The van der Waals surface area contributed by atoms with Crippen LogP contribution in [0.1, 0.15) is 31.7 Å². The second-order valence-corrected chi connectivity index (χ2v) is 5.21. The Labute approximate surface area is 109 Å². The largest absolute Gasteiger partial charge is 0.310 e. The van der Waals surface area contributed by atoms with Crippen LogP contribution in [0.25, 0.3) is 6.08 Å². The summed E-state index contributed by atoms with van der Waals surface area (Å²) in [4.78, 5) is 0. The van der Waals surface area contributed by atoms with Crippen LogP contribution in [0.4, 0.5) is 0 Å². The first kappa shape index (κ1) is 12.7. The number of rotatable bonds is 3. The molecule has 2 heteroatoms. The average molecular weight is 250 g/mol. The lowest BCUT2D eigenvalue weighted by Crippen LogP contribution is -2.36. The van der Waals surface area contributed by atoms with E-state index in [-0.39, 0.29) is 0 Å². The minimum Gasteiger partial charge on any atom is -0.310 e. The molecule has 1 heterocycles.